The second-order valence-corrected chi connectivity index (χ2v) is 7.82. The number of amides is 1. The first-order chi connectivity index (χ1) is 10.9. The molecule has 0 atom stereocenters. The number of nitrogens with one attached hydrogen (secondary N) is 1. The summed E-state index contributed by atoms with van der Waals surface area (Å²) in [5.74, 6) is 0.102. The van der Waals surface area contributed by atoms with Crippen LogP contribution in [0.15, 0.2) is 28.5 Å². The summed E-state index contributed by atoms with van der Waals surface area (Å²) >= 11 is 0.928. The van der Waals surface area contributed by atoms with Crippen molar-refractivity contribution in [3.8, 4) is 17.6 Å². The molecule has 7 nitrogen and oxygen atoms in total. The van der Waals surface area contributed by atoms with Gasteiger partial charge < -0.3 is 14.8 Å². The van der Waals surface area contributed by atoms with E-state index in [0.29, 0.717) is 11.5 Å². The fourth-order valence-corrected chi connectivity index (χ4v) is 4.28. The molecular formula is C13H7ClN2O5S2. The highest BCUT2D eigenvalue weighted by molar-refractivity contribution is 8.13. The molecule has 0 saturated carbocycles. The molecule has 23 heavy (non-hydrogen) atoms. The van der Waals surface area contributed by atoms with E-state index in [-0.39, 0.29) is 27.8 Å². The van der Waals surface area contributed by atoms with Crippen LogP contribution in [-0.4, -0.2) is 21.1 Å². The first-order valence-electron chi connectivity index (χ1n) is 6.07. The van der Waals surface area contributed by atoms with E-state index in [1.807, 2.05) is 6.07 Å². The number of fused-ring (bicyclic) bond motifs is 1. The van der Waals surface area contributed by atoms with E-state index < -0.39 is 15.0 Å². The number of anilines is 1. The molecule has 1 aromatic carbocycles. The number of hydrogen-bond acceptors (Lipinski definition) is 7. The van der Waals surface area contributed by atoms with Gasteiger partial charge in [0, 0.05) is 22.8 Å². The van der Waals surface area contributed by atoms with Gasteiger partial charge >= 0.3 is 0 Å². The van der Waals surface area contributed by atoms with Crippen molar-refractivity contribution in [3.63, 3.8) is 0 Å². The van der Waals surface area contributed by atoms with Gasteiger partial charge in [0.15, 0.2) is 11.5 Å². The lowest BCUT2D eigenvalue weighted by Gasteiger charge is -2.08. The van der Waals surface area contributed by atoms with Gasteiger partial charge in [-0.15, -0.1) is 11.3 Å². The Balaban J connectivity index is 1.96. The third kappa shape index (κ3) is 2.96. The third-order valence-corrected chi connectivity index (χ3v) is 5.39. The zero-order valence-electron chi connectivity index (χ0n) is 11.2. The normalized spacial score (nSPS) is 12.7. The Kier molecular flexibility index (Phi) is 3.89. The lowest BCUT2D eigenvalue weighted by atomic mass is 10.1. The van der Waals surface area contributed by atoms with Crippen LogP contribution in [-0.2, 0) is 9.05 Å². The van der Waals surface area contributed by atoms with Crippen molar-refractivity contribution in [3.05, 3.63) is 34.0 Å². The number of hydrogen-bond donors (Lipinski definition) is 1. The molecule has 118 valence electrons. The zero-order chi connectivity index (χ0) is 16.6. The van der Waals surface area contributed by atoms with Crippen LogP contribution < -0.4 is 14.8 Å². The van der Waals surface area contributed by atoms with E-state index >= 15 is 0 Å². The summed E-state index contributed by atoms with van der Waals surface area (Å²) in [5, 5.41) is 13.1. The fourth-order valence-electron chi connectivity index (χ4n) is 1.97. The van der Waals surface area contributed by atoms with Crippen LogP contribution in [0.4, 0.5) is 5.69 Å². The summed E-state index contributed by atoms with van der Waals surface area (Å²) in [5.41, 5.74) is 0.350. The predicted molar refractivity (Wildman–Crippen MR) is 82.6 cm³/mol. The van der Waals surface area contributed by atoms with E-state index in [9.17, 15) is 13.2 Å². The highest BCUT2D eigenvalue weighted by atomic mass is 35.7. The van der Waals surface area contributed by atoms with Crippen molar-refractivity contribution in [2.24, 2.45) is 0 Å². The largest absolute Gasteiger partial charge is 0.454 e. The summed E-state index contributed by atoms with van der Waals surface area (Å²) in [7, 11) is 1.26. The Morgan fingerprint density at radius 1 is 1.35 bits per heavy atom. The number of ether oxygens (including phenoxy) is 2. The Labute approximate surface area is 139 Å². The average Bonchev–Trinajstić information content (AvgIpc) is 3.14. The molecule has 1 aromatic heterocycles. The summed E-state index contributed by atoms with van der Waals surface area (Å²) < 4.78 is 33.3. The maximum atomic E-state index is 12.3. The highest BCUT2D eigenvalue weighted by Crippen LogP contribution is 2.37. The SMILES string of the molecule is N#Cc1cc2c(cc1NC(=O)c1sccc1S(=O)(=O)Cl)OCO2. The molecule has 0 unspecified atom stereocenters. The van der Waals surface area contributed by atoms with Crippen molar-refractivity contribution < 1.29 is 22.7 Å². The number of thiophene rings is 1. The van der Waals surface area contributed by atoms with Crippen LogP contribution in [0.1, 0.15) is 15.2 Å². The van der Waals surface area contributed by atoms with Gasteiger partial charge in [0.2, 0.25) is 6.79 Å². The van der Waals surface area contributed by atoms with Gasteiger partial charge in [-0.05, 0) is 11.4 Å². The van der Waals surface area contributed by atoms with E-state index in [1.165, 1.54) is 23.6 Å². The number of carbonyl (C=O) groups excluding carboxylic acids is 1. The van der Waals surface area contributed by atoms with Crippen molar-refractivity contribution in [2.75, 3.05) is 12.1 Å². The van der Waals surface area contributed by atoms with Gasteiger partial charge in [0.25, 0.3) is 15.0 Å². The molecule has 2 aromatic rings. The smallest absolute Gasteiger partial charge is 0.267 e. The second-order valence-electron chi connectivity index (χ2n) is 4.37. The fraction of sp³-hybridized carbons (Fsp3) is 0.0769. The highest BCUT2D eigenvalue weighted by Gasteiger charge is 2.24. The minimum absolute atomic E-state index is 0.0250. The molecule has 3 rings (SSSR count). The van der Waals surface area contributed by atoms with Crippen molar-refractivity contribution in [1.82, 2.24) is 0 Å². The van der Waals surface area contributed by atoms with Crippen LogP contribution in [0.25, 0.3) is 0 Å². The number of nitriles is 1. The minimum atomic E-state index is -4.04. The van der Waals surface area contributed by atoms with Gasteiger partial charge in [0.05, 0.1) is 11.3 Å². The molecule has 0 fully saturated rings. The molecule has 0 aliphatic carbocycles. The maximum Gasteiger partial charge on any atom is 0.267 e. The molecule has 0 spiro atoms. The van der Waals surface area contributed by atoms with E-state index in [0.717, 1.165) is 11.3 Å². The Morgan fingerprint density at radius 3 is 2.70 bits per heavy atom. The molecule has 1 aliphatic rings. The van der Waals surface area contributed by atoms with Crippen LogP contribution in [0, 0.1) is 11.3 Å². The third-order valence-electron chi connectivity index (χ3n) is 2.98. The van der Waals surface area contributed by atoms with E-state index in [2.05, 4.69) is 5.32 Å². The Morgan fingerprint density at radius 2 is 2.04 bits per heavy atom. The number of benzene rings is 1. The Bertz CT molecular complexity index is 946. The quantitative estimate of drug-likeness (QED) is 0.832. The number of halogens is 1. The standard InChI is InChI=1S/C13H7ClN2O5S2/c14-23(18,19)11-1-2-22-12(11)13(17)16-8-4-10-9(20-6-21-10)3-7(8)5-15/h1-4H,6H2,(H,16,17). The van der Waals surface area contributed by atoms with E-state index in [4.69, 9.17) is 25.4 Å². The molecular weight excluding hydrogens is 364 g/mol. The topological polar surface area (TPSA) is 105 Å². The predicted octanol–water partition coefficient (Wildman–Crippen LogP) is 2.53. The summed E-state index contributed by atoms with van der Waals surface area (Å²) in [6, 6.07) is 6.05. The van der Waals surface area contributed by atoms with Crippen LogP contribution in [0.2, 0.25) is 0 Å². The average molecular weight is 371 g/mol. The molecule has 10 heteroatoms. The Hall–Kier alpha value is -2.28. The summed E-state index contributed by atoms with van der Waals surface area (Å²) in [4.78, 5) is 12.0. The maximum absolute atomic E-state index is 12.3. The van der Waals surface area contributed by atoms with Crippen molar-refractivity contribution in [2.45, 2.75) is 4.90 Å². The lowest BCUT2D eigenvalue weighted by molar-refractivity contribution is 0.102. The molecule has 2 heterocycles. The van der Waals surface area contributed by atoms with Crippen LogP contribution >= 0.6 is 22.0 Å². The van der Waals surface area contributed by atoms with Gasteiger partial charge in [0.1, 0.15) is 15.8 Å². The lowest BCUT2D eigenvalue weighted by Crippen LogP contribution is -2.13. The van der Waals surface area contributed by atoms with Crippen molar-refractivity contribution >= 4 is 42.7 Å². The van der Waals surface area contributed by atoms with Crippen LogP contribution in [0.3, 0.4) is 0 Å². The zero-order valence-corrected chi connectivity index (χ0v) is 13.6. The second kappa shape index (κ2) is 5.73. The molecule has 0 radical (unpaired) electrons. The molecule has 0 saturated heterocycles. The number of carbonyl (C=O) groups is 1. The van der Waals surface area contributed by atoms with Crippen LogP contribution in [0.5, 0.6) is 11.5 Å². The first-order valence-corrected chi connectivity index (χ1v) is 9.26. The van der Waals surface area contributed by atoms with Gasteiger partial charge in [-0.1, -0.05) is 0 Å². The summed E-state index contributed by atoms with van der Waals surface area (Å²) in [6.45, 7) is 0.0250. The van der Waals surface area contributed by atoms with Gasteiger partial charge in [-0.25, -0.2) is 8.42 Å². The van der Waals surface area contributed by atoms with Crippen molar-refractivity contribution in [1.29, 1.82) is 5.26 Å². The van der Waals surface area contributed by atoms with Gasteiger partial charge in [-0.3, -0.25) is 4.79 Å². The summed E-state index contributed by atoms with van der Waals surface area (Å²) in [6.07, 6.45) is 0. The molecule has 1 N–H and O–H groups in total. The monoisotopic (exact) mass is 370 g/mol. The van der Waals surface area contributed by atoms with E-state index in [1.54, 1.807) is 0 Å². The van der Waals surface area contributed by atoms with Gasteiger partial charge in [-0.2, -0.15) is 5.26 Å². The molecule has 1 aliphatic heterocycles. The molecule has 1 amide bonds. The number of nitrogens with zero attached hydrogens (tertiary/aromatic N) is 1. The first kappa shape index (κ1) is 15.6. The molecule has 0 bridgehead atoms. The minimum Gasteiger partial charge on any atom is -0.454 e. The number of rotatable bonds is 3.